The van der Waals surface area contributed by atoms with Crippen LogP contribution < -0.4 is 0 Å². The zero-order chi connectivity index (χ0) is 17.3. The van der Waals surface area contributed by atoms with Crippen LogP contribution in [-0.2, 0) is 15.6 Å². The van der Waals surface area contributed by atoms with Crippen molar-refractivity contribution in [1.82, 2.24) is 9.88 Å². The normalized spacial score (nSPS) is 13.1. The van der Waals surface area contributed by atoms with Gasteiger partial charge in [0.15, 0.2) is 0 Å². The van der Waals surface area contributed by atoms with Gasteiger partial charge in [0.25, 0.3) is 0 Å². The van der Waals surface area contributed by atoms with Crippen LogP contribution in [0.1, 0.15) is 5.56 Å². The molecule has 0 bridgehead atoms. The van der Waals surface area contributed by atoms with Gasteiger partial charge in [0.2, 0.25) is 0 Å². The summed E-state index contributed by atoms with van der Waals surface area (Å²) in [5, 5.41) is 10.3. The number of hydrogen-bond acceptors (Lipinski definition) is 4. The second kappa shape index (κ2) is 6.75. The first-order chi connectivity index (χ1) is 10.5. The zero-order valence-corrected chi connectivity index (χ0v) is 13.8. The highest BCUT2D eigenvalue weighted by molar-refractivity contribution is 7.52. The van der Waals surface area contributed by atoms with E-state index in [4.69, 9.17) is 19.6 Å². The fraction of sp³-hybridized carbons (Fsp3) is 0.333. The lowest BCUT2D eigenvalue weighted by atomic mass is 10.1. The minimum Gasteiger partial charge on any atom is -0.508 e. The van der Waals surface area contributed by atoms with Crippen molar-refractivity contribution in [3.05, 3.63) is 30.0 Å². The van der Waals surface area contributed by atoms with Crippen molar-refractivity contribution in [1.29, 1.82) is 0 Å². The first-order valence-electron chi connectivity index (χ1n) is 6.64. The van der Waals surface area contributed by atoms with Crippen molar-refractivity contribution in [3.63, 3.8) is 0 Å². The molecule has 0 aliphatic heterocycles. The number of aromatic hydroxyl groups is 1. The van der Waals surface area contributed by atoms with Crippen LogP contribution in [0.3, 0.4) is 0 Å². The van der Waals surface area contributed by atoms with E-state index in [0.29, 0.717) is 6.42 Å². The number of phenols is 1. The number of hydrogen-bond donors (Lipinski definition) is 6. The number of aromatic nitrogens is 1. The Bertz CT molecular complexity index is 755. The van der Waals surface area contributed by atoms with Crippen molar-refractivity contribution in [3.8, 4) is 5.75 Å². The summed E-state index contributed by atoms with van der Waals surface area (Å²) in [4.78, 5) is 40.2. The van der Waals surface area contributed by atoms with Gasteiger partial charge in [0, 0.05) is 23.6 Å². The van der Waals surface area contributed by atoms with Crippen LogP contribution in [0.4, 0.5) is 0 Å². The molecule has 0 aliphatic rings. The SMILES string of the molecule is O=P(O)(O)CN(CCc1c[nH]c2ccc(O)cc12)CP(=O)(O)O. The summed E-state index contributed by atoms with van der Waals surface area (Å²) < 4.78 is 22.2. The molecule has 0 spiro atoms. The van der Waals surface area contributed by atoms with Gasteiger partial charge in [-0.25, -0.2) is 0 Å². The number of nitrogens with one attached hydrogen (secondary N) is 1. The number of H-pyrrole nitrogens is 1. The number of phenolic OH excluding ortho intramolecular Hbond substituents is 1. The maximum Gasteiger partial charge on any atom is 0.339 e. The second-order valence-electron chi connectivity index (χ2n) is 5.30. The smallest absolute Gasteiger partial charge is 0.339 e. The number of benzene rings is 1. The minimum atomic E-state index is -4.44. The summed E-state index contributed by atoms with van der Waals surface area (Å²) >= 11 is 0. The number of aromatic amines is 1. The van der Waals surface area contributed by atoms with Crippen LogP contribution in [0.2, 0.25) is 0 Å². The fourth-order valence-electron chi connectivity index (χ4n) is 2.36. The third kappa shape index (κ3) is 5.75. The number of rotatable bonds is 7. The van der Waals surface area contributed by atoms with E-state index in [2.05, 4.69) is 4.98 Å². The lowest BCUT2D eigenvalue weighted by molar-refractivity contribution is 0.279. The Labute approximate surface area is 131 Å². The molecular formula is C12H18N2O7P2. The van der Waals surface area contributed by atoms with Gasteiger partial charge in [-0.1, -0.05) is 0 Å². The molecule has 0 aliphatic carbocycles. The largest absolute Gasteiger partial charge is 0.508 e. The highest BCUT2D eigenvalue weighted by Gasteiger charge is 2.25. The average Bonchev–Trinajstić information content (AvgIpc) is 2.74. The first-order valence-corrected chi connectivity index (χ1v) is 10.2. The molecule has 128 valence electrons. The Hall–Kier alpha value is -1.18. The molecule has 2 aromatic rings. The van der Waals surface area contributed by atoms with E-state index in [1.807, 2.05) is 0 Å². The monoisotopic (exact) mass is 364 g/mol. The minimum absolute atomic E-state index is 0.0544. The van der Waals surface area contributed by atoms with Gasteiger partial charge in [-0.2, -0.15) is 0 Å². The van der Waals surface area contributed by atoms with Gasteiger partial charge < -0.3 is 29.7 Å². The quantitative estimate of drug-likeness (QED) is 0.398. The highest BCUT2D eigenvalue weighted by Crippen LogP contribution is 2.40. The van der Waals surface area contributed by atoms with Crippen LogP contribution in [0, 0.1) is 0 Å². The molecule has 23 heavy (non-hydrogen) atoms. The molecule has 6 N–H and O–H groups in total. The molecule has 1 aromatic heterocycles. The number of fused-ring (bicyclic) bond motifs is 1. The van der Waals surface area contributed by atoms with Gasteiger partial charge in [0.05, 0.1) is 0 Å². The van der Waals surface area contributed by atoms with Crippen molar-refractivity contribution >= 4 is 26.1 Å². The van der Waals surface area contributed by atoms with E-state index >= 15 is 0 Å². The Morgan fingerprint density at radius 3 is 2.22 bits per heavy atom. The van der Waals surface area contributed by atoms with Crippen molar-refractivity contribution in [2.45, 2.75) is 6.42 Å². The Balaban J connectivity index is 2.14. The highest BCUT2D eigenvalue weighted by atomic mass is 31.2. The van der Waals surface area contributed by atoms with Crippen LogP contribution in [0.5, 0.6) is 5.75 Å². The van der Waals surface area contributed by atoms with Crippen LogP contribution in [-0.4, -0.2) is 53.7 Å². The van der Waals surface area contributed by atoms with Gasteiger partial charge in [0.1, 0.15) is 18.3 Å². The van der Waals surface area contributed by atoms with Gasteiger partial charge in [-0.15, -0.1) is 0 Å². The molecule has 0 saturated heterocycles. The van der Waals surface area contributed by atoms with E-state index in [0.717, 1.165) is 21.4 Å². The molecule has 0 unspecified atom stereocenters. The van der Waals surface area contributed by atoms with E-state index in [9.17, 15) is 14.2 Å². The standard InChI is InChI=1S/C12H18N2O7P2/c15-10-1-2-12-11(5-10)9(6-13-12)3-4-14(7-22(16,17)18)8-23(19,20)21/h1-2,5-6,13,15H,3-4,7-8H2,(H2,16,17,18)(H2,19,20,21). The molecule has 2 rings (SSSR count). The summed E-state index contributed by atoms with van der Waals surface area (Å²) in [6.07, 6.45) is 0.540. The third-order valence-electron chi connectivity index (χ3n) is 3.22. The lowest BCUT2D eigenvalue weighted by Crippen LogP contribution is -2.28. The van der Waals surface area contributed by atoms with E-state index in [1.165, 1.54) is 6.07 Å². The molecule has 1 aromatic carbocycles. The molecule has 0 atom stereocenters. The molecule has 9 nitrogen and oxygen atoms in total. The molecule has 0 radical (unpaired) electrons. The predicted molar refractivity (Wildman–Crippen MR) is 84.2 cm³/mol. The maximum absolute atomic E-state index is 11.1. The Kier molecular flexibility index (Phi) is 5.33. The van der Waals surface area contributed by atoms with Crippen LogP contribution in [0.25, 0.3) is 10.9 Å². The van der Waals surface area contributed by atoms with Gasteiger partial charge >= 0.3 is 15.2 Å². The van der Waals surface area contributed by atoms with Crippen molar-refractivity contribution < 1.29 is 33.8 Å². The summed E-state index contributed by atoms with van der Waals surface area (Å²) in [5.74, 6) is 0.0839. The third-order valence-corrected chi connectivity index (χ3v) is 4.75. The van der Waals surface area contributed by atoms with Crippen LogP contribution in [0.15, 0.2) is 24.4 Å². The maximum atomic E-state index is 11.1. The summed E-state index contributed by atoms with van der Waals surface area (Å²) in [7, 11) is -8.87. The van der Waals surface area contributed by atoms with Crippen molar-refractivity contribution in [2.24, 2.45) is 0 Å². The molecule has 1 heterocycles. The molecular weight excluding hydrogens is 346 g/mol. The molecule has 0 saturated carbocycles. The molecule has 0 amide bonds. The van der Waals surface area contributed by atoms with E-state index < -0.39 is 27.8 Å². The summed E-state index contributed by atoms with van der Waals surface area (Å²) in [5.41, 5.74) is 1.56. The fourth-order valence-corrected chi connectivity index (χ4v) is 4.04. The lowest BCUT2D eigenvalue weighted by Gasteiger charge is -2.22. The van der Waals surface area contributed by atoms with Crippen molar-refractivity contribution in [2.75, 3.05) is 19.1 Å². The summed E-state index contributed by atoms with van der Waals surface area (Å²) in [6.45, 7) is 0.0544. The van der Waals surface area contributed by atoms with E-state index in [1.54, 1.807) is 18.3 Å². The second-order valence-corrected chi connectivity index (χ2v) is 8.52. The number of nitrogens with zero attached hydrogens (tertiary/aromatic N) is 1. The molecule has 11 heteroatoms. The summed E-state index contributed by atoms with van der Waals surface area (Å²) in [6, 6.07) is 4.77. The average molecular weight is 364 g/mol. The van der Waals surface area contributed by atoms with E-state index in [-0.39, 0.29) is 12.3 Å². The van der Waals surface area contributed by atoms with Gasteiger partial charge in [-0.05, 0) is 30.2 Å². The Morgan fingerprint density at radius 2 is 1.65 bits per heavy atom. The Morgan fingerprint density at radius 1 is 1.04 bits per heavy atom. The first kappa shape index (κ1) is 18.2. The predicted octanol–water partition coefficient (Wildman–Crippen LogP) is 0.988. The topological polar surface area (TPSA) is 154 Å². The van der Waals surface area contributed by atoms with Crippen LogP contribution >= 0.6 is 15.2 Å². The van der Waals surface area contributed by atoms with Gasteiger partial charge in [-0.3, -0.25) is 14.0 Å². The molecule has 0 fully saturated rings. The zero-order valence-electron chi connectivity index (χ0n) is 12.0.